The maximum Gasteiger partial charge on any atom is 0.214 e. The number of rotatable bonds is 5. The summed E-state index contributed by atoms with van der Waals surface area (Å²) in [6.45, 7) is 1.75. The van der Waals surface area contributed by atoms with Crippen LogP contribution >= 0.6 is 0 Å². The molecule has 3 aromatic carbocycles. The van der Waals surface area contributed by atoms with Crippen LogP contribution in [-0.4, -0.2) is 16.5 Å². The number of halogens is 1. The Hall–Kier alpha value is -3.47. The van der Waals surface area contributed by atoms with Gasteiger partial charge in [0.25, 0.3) is 0 Å². The van der Waals surface area contributed by atoms with Crippen LogP contribution in [-0.2, 0) is 0 Å². The first kappa shape index (κ1) is 17.9. The summed E-state index contributed by atoms with van der Waals surface area (Å²) in [7, 11) is 0. The average Bonchev–Trinajstić information content (AvgIpc) is 3.06. The Kier molecular flexibility index (Phi) is 4.65. The monoisotopic (exact) mass is 374 g/mol. The minimum Gasteiger partial charge on any atom is -0.354 e. The zero-order valence-electron chi connectivity index (χ0n) is 15.4. The standard InChI is InChI=1S/C23H19FN2O2/c1-15-6-8-17(9-7-15)23-22(19-4-2-3-5-21(19)25-23)20(14-26(27)28)16-10-12-18(24)13-11-16/h2-13,20,25H,14H2,1H3/t20-/m1/s1. The Balaban J connectivity index is 1.97. The van der Waals surface area contributed by atoms with Crippen LogP contribution < -0.4 is 0 Å². The van der Waals surface area contributed by atoms with E-state index >= 15 is 0 Å². The number of aryl methyl sites for hydroxylation is 1. The maximum absolute atomic E-state index is 13.5. The van der Waals surface area contributed by atoms with Gasteiger partial charge in [-0.15, -0.1) is 0 Å². The van der Waals surface area contributed by atoms with Crippen LogP contribution in [0.3, 0.4) is 0 Å². The largest absolute Gasteiger partial charge is 0.354 e. The summed E-state index contributed by atoms with van der Waals surface area (Å²) in [5, 5.41) is 12.4. The van der Waals surface area contributed by atoms with Gasteiger partial charge in [-0.1, -0.05) is 60.2 Å². The number of hydrogen-bond acceptors (Lipinski definition) is 2. The molecular formula is C23H19FN2O2. The lowest BCUT2D eigenvalue weighted by molar-refractivity contribution is -0.481. The minimum atomic E-state index is -0.497. The number of aromatic amines is 1. The first-order chi connectivity index (χ1) is 13.5. The second-order valence-corrected chi connectivity index (χ2v) is 6.94. The summed E-state index contributed by atoms with van der Waals surface area (Å²) in [5.41, 5.74) is 5.47. The van der Waals surface area contributed by atoms with Crippen molar-refractivity contribution in [1.82, 2.24) is 4.98 Å². The highest BCUT2D eigenvalue weighted by Crippen LogP contribution is 2.39. The second-order valence-electron chi connectivity index (χ2n) is 6.94. The summed E-state index contributed by atoms with van der Waals surface area (Å²) in [4.78, 5) is 14.6. The number of para-hydroxylation sites is 1. The summed E-state index contributed by atoms with van der Waals surface area (Å²) in [5.74, 6) is -0.857. The van der Waals surface area contributed by atoms with Crippen LogP contribution in [0.15, 0.2) is 72.8 Å². The van der Waals surface area contributed by atoms with E-state index in [2.05, 4.69) is 4.98 Å². The highest BCUT2D eigenvalue weighted by molar-refractivity contribution is 5.92. The molecule has 0 unspecified atom stereocenters. The molecule has 4 rings (SSSR count). The zero-order valence-corrected chi connectivity index (χ0v) is 15.4. The number of fused-ring (bicyclic) bond motifs is 1. The highest BCUT2D eigenvalue weighted by Gasteiger charge is 2.27. The molecule has 0 saturated carbocycles. The molecule has 0 saturated heterocycles. The van der Waals surface area contributed by atoms with Crippen LogP contribution in [0, 0.1) is 22.9 Å². The van der Waals surface area contributed by atoms with E-state index < -0.39 is 5.92 Å². The number of nitro groups is 1. The number of benzene rings is 3. The van der Waals surface area contributed by atoms with Gasteiger partial charge in [0.15, 0.2) is 0 Å². The normalized spacial score (nSPS) is 12.2. The van der Waals surface area contributed by atoms with Gasteiger partial charge in [0.1, 0.15) is 5.82 Å². The van der Waals surface area contributed by atoms with Gasteiger partial charge in [-0.05, 0) is 41.8 Å². The Morgan fingerprint density at radius 2 is 1.68 bits per heavy atom. The molecule has 1 atom stereocenters. The van der Waals surface area contributed by atoms with Crippen molar-refractivity contribution in [3.63, 3.8) is 0 Å². The van der Waals surface area contributed by atoms with Gasteiger partial charge in [0.05, 0.1) is 11.6 Å². The third-order valence-corrected chi connectivity index (χ3v) is 5.04. The van der Waals surface area contributed by atoms with E-state index in [1.165, 1.54) is 12.1 Å². The summed E-state index contributed by atoms with van der Waals surface area (Å²) < 4.78 is 13.5. The predicted octanol–water partition coefficient (Wildman–Crippen LogP) is 5.69. The van der Waals surface area contributed by atoms with E-state index in [4.69, 9.17) is 0 Å². The van der Waals surface area contributed by atoms with Crippen molar-refractivity contribution in [2.24, 2.45) is 0 Å². The summed E-state index contributed by atoms with van der Waals surface area (Å²) in [6.07, 6.45) is 0. The first-order valence-corrected chi connectivity index (χ1v) is 9.08. The molecule has 140 valence electrons. The van der Waals surface area contributed by atoms with Crippen molar-refractivity contribution in [2.45, 2.75) is 12.8 Å². The molecule has 28 heavy (non-hydrogen) atoms. The maximum atomic E-state index is 13.5. The molecule has 0 amide bonds. The minimum absolute atomic E-state index is 0.271. The third kappa shape index (κ3) is 3.39. The van der Waals surface area contributed by atoms with Crippen molar-refractivity contribution >= 4 is 10.9 Å². The van der Waals surface area contributed by atoms with E-state index in [0.29, 0.717) is 0 Å². The molecule has 0 bridgehead atoms. The summed E-state index contributed by atoms with van der Waals surface area (Å²) >= 11 is 0. The van der Waals surface area contributed by atoms with Crippen LogP contribution in [0.25, 0.3) is 22.2 Å². The van der Waals surface area contributed by atoms with E-state index in [1.807, 2.05) is 55.5 Å². The van der Waals surface area contributed by atoms with Gasteiger partial charge < -0.3 is 4.98 Å². The molecular weight excluding hydrogens is 355 g/mol. The Bertz CT molecular complexity index is 1130. The van der Waals surface area contributed by atoms with Crippen LogP contribution in [0.4, 0.5) is 4.39 Å². The molecule has 5 heteroatoms. The Labute approximate surface area is 161 Å². The van der Waals surface area contributed by atoms with Gasteiger partial charge in [0.2, 0.25) is 6.54 Å². The second kappa shape index (κ2) is 7.27. The Morgan fingerprint density at radius 1 is 1.00 bits per heavy atom. The molecule has 4 aromatic rings. The lowest BCUT2D eigenvalue weighted by Gasteiger charge is -2.16. The fourth-order valence-corrected chi connectivity index (χ4v) is 3.68. The molecule has 0 fully saturated rings. The molecule has 1 aromatic heterocycles. The number of hydrogen-bond donors (Lipinski definition) is 1. The molecule has 0 aliphatic heterocycles. The Morgan fingerprint density at radius 3 is 2.36 bits per heavy atom. The van der Waals surface area contributed by atoms with Crippen LogP contribution in [0.5, 0.6) is 0 Å². The number of H-pyrrole nitrogens is 1. The number of nitrogens with zero attached hydrogens (tertiary/aromatic N) is 1. The van der Waals surface area contributed by atoms with Crippen LogP contribution in [0.1, 0.15) is 22.6 Å². The van der Waals surface area contributed by atoms with Gasteiger partial charge in [-0.3, -0.25) is 10.1 Å². The van der Waals surface area contributed by atoms with Crippen molar-refractivity contribution in [3.8, 4) is 11.3 Å². The fourth-order valence-electron chi connectivity index (χ4n) is 3.68. The third-order valence-electron chi connectivity index (χ3n) is 5.04. The fraction of sp³-hybridized carbons (Fsp3) is 0.130. The van der Waals surface area contributed by atoms with Crippen LogP contribution in [0.2, 0.25) is 0 Å². The molecule has 0 spiro atoms. The zero-order chi connectivity index (χ0) is 19.7. The van der Waals surface area contributed by atoms with Gasteiger partial charge in [-0.25, -0.2) is 4.39 Å². The van der Waals surface area contributed by atoms with Crippen molar-refractivity contribution in [3.05, 3.63) is 105 Å². The highest BCUT2D eigenvalue weighted by atomic mass is 19.1. The van der Waals surface area contributed by atoms with Gasteiger partial charge in [0, 0.05) is 15.8 Å². The molecule has 0 aliphatic rings. The predicted molar refractivity (Wildman–Crippen MR) is 109 cm³/mol. The number of aromatic nitrogens is 1. The van der Waals surface area contributed by atoms with E-state index in [0.717, 1.165) is 38.9 Å². The van der Waals surface area contributed by atoms with E-state index in [1.54, 1.807) is 12.1 Å². The molecule has 1 N–H and O–H groups in total. The van der Waals surface area contributed by atoms with E-state index in [9.17, 15) is 14.5 Å². The molecule has 0 radical (unpaired) electrons. The quantitative estimate of drug-likeness (QED) is 0.360. The lowest BCUT2D eigenvalue weighted by Crippen LogP contribution is -2.14. The van der Waals surface area contributed by atoms with Crippen molar-refractivity contribution in [2.75, 3.05) is 6.54 Å². The molecule has 0 aliphatic carbocycles. The molecule has 1 heterocycles. The topological polar surface area (TPSA) is 58.9 Å². The first-order valence-electron chi connectivity index (χ1n) is 9.08. The smallest absolute Gasteiger partial charge is 0.214 e. The summed E-state index contributed by atoms with van der Waals surface area (Å²) in [6, 6.07) is 21.8. The van der Waals surface area contributed by atoms with E-state index in [-0.39, 0.29) is 17.3 Å². The van der Waals surface area contributed by atoms with Crippen molar-refractivity contribution in [1.29, 1.82) is 0 Å². The lowest BCUT2D eigenvalue weighted by atomic mass is 9.87. The average molecular weight is 374 g/mol. The van der Waals surface area contributed by atoms with Gasteiger partial charge >= 0.3 is 0 Å². The number of nitrogens with one attached hydrogen (secondary N) is 1. The van der Waals surface area contributed by atoms with Crippen molar-refractivity contribution < 1.29 is 9.31 Å². The van der Waals surface area contributed by atoms with Gasteiger partial charge in [-0.2, -0.15) is 0 Å². The molecule has 4 nitrogen and oxygen atoms in total. The SMILES string of the molecule is Cc1ccc(-c2[nH]c3ccccc3c2[C@H](C[N+](=O)[O-])c2ccc(F)cc2)cc1.